The molecule has 1 aliphatic carbocycles. The van der Waals surface area contributed by atoms with E-state index in [4.69, 9.17) is 0 Å². The fourth-order valence-corrected chi connectivity index (χ4v) is 2.88. The molecule has 1 unspecified atom stereocenters. The van der Waals surface area contributed by atoms with E-state index in [0.717, 1.165) is 19.6 Å². The minimum absolute atomic E-state index is 0. The lowest BCUT2D eigenvalue weighted by molar-refractivity contribution is -0.123. The third-order valence-electron chi connectivity index (χ3n) is 3.79. The van der Waals surface area contributed by atoms with E-state index in [2.05, 4.69) is 22.5 Å². The van der Waals surface area contributed by atoms with Gasteiger partial charge in [-0.25, -0.2) is 0 Å². The standard InChI is InChI=1S/C13H25N3O.ClH/c1-11-9-16(8-7-14-11)10-13(17)15-12-5-3-2-4-6-12;/h11-12,14H,2-10H2,1H3,(H,15,17);1H. The first-order valence-corrected chi connectivity index (χ1v) is 6.99. The fourth-order valence-electron chi connectivity index (χ4n) is 2.88. The molecule has 4 nitrogen and oxygen atoms in total. The van der Waals surface area contributed by atoms with Gasteiger partial charge >= 0.3 is 0 Å². The van der Waals surface area contributed by atoms with E-state index in [1.165, 1.54) is 32.1 Å². The zero-order chi connectivity index (χ0) is 12.1. The van der Waals surface area contributed by atoms with E-state index in [9.17, 15) is 4.79 Å². The number of carbonyl (C=O) groups is 1. The van der Waals surface area contributed by atoms with Crippen molar-refractivity contribution in [3.63, 3.8) is 0 Å². The number of halogens is 1. The van der Waals surface area contributed by atoms with Crippen molar-refractivity contribution in [1.82, 2.24) is 15.5 Å². The number of rotatable bonds is 3. The van der Waals surface area contributed by atoms with Gasteiger partial charge in [-0.2, -0.15) is 0 Å². The van der Waals surface area contributed by atoms with Crippen LogP contribution in [0.25, 0.3) is 0 Å². The van der Waals surface area contributed by atoms with Crippen molar-refractivity contribution >= 4 is 18.3 Å². The first-order valence-electron chi connectivity index (χ1n) is 6.99. The summed E-state index contributed by atoms with van der Waals surface area (Å²) in [5.74, 6) is 0.214. The van der Waals surface area contributed by atoms with E-state index in [1.807, 2.05) is 0 Å². The highest BCUT2D eigenvalue weighted by molar-refractivity contribution is 5.85. The Morgan fingerprint density at radius 2 is 2.06 bits per heavy atom. The molecule has 0 spiro atoms. The highest BCUT2D eigenvalue weighted by atomic mass is 35.5. The Bertz CT molecular complexity index is 257. The predicted molar refractivity (Wildman–Crippen MR) is 76.2 cm³/mol. The summed E-state index contributed by atoms with van der Waals surface area (Å²) in [5.41, 5.74) is 0. The molecule has 0 radical (unpaired) electrons. The summed E-state index contributed by atoms with van der Waals surface area (Å²) in [6.07, 6.45) is 6.22. The molecule has 18 heavy (non-hydrogen) atoms. The molecule has 1 saturated heterocycles. The number of nitrogens with one attached hydrogen (secondary N) is 2. The molecule has 1 aliphatic heterocycles. The Morgan fingerprint density at radius 3 is 2.72 bits per heavy atom. The molecule has 0 bridgehead atoms. The first-order chi connectivity index (χ1) is 8.24. The van der Waals surface area contributed by atoms with E-state index in [-0.39, 0.29) is 18.3 Å². The number of piperazine rings is 1. The largest absolute Gasteiger partial charge is 0.352 e. The summed E-state index contributed by atoms with van der Waals surface area (Å²) in [7, 11) is 0. The fraction of sp³-hybridized carbons (Fsp3) is 0.923. The molecule has 0 aromatic heterocycles. The smallest absolute Gasteiger partial charge is 0.234 e. The second-order valence-electron chi connectivity index (χ2n) is 5.49. The maximum Gasteiger partial charge on any atom is 0.234 e. The van der Waals surface area contributed by atoms with Crippen LogP contribution in [0.1, 0.15) is 39.0 Å². The zero-order valence-corrected chi connectivity index (χ0v) is 12.1. The molecule has 106 valence electrons. The van der Waals surface area contributed by atoms with Gasteiger partial charge in [0.1, 0.15) is 0 Å². The normalized spacial score (nSPS) is 26.4. The van der Waals surface area contributed by atoms with Crippen molar-refractivity contribution in [1.29, 1.82) is 0 Å². The number of nitrogens with zero attached hydrogens (tertiary/aromatic N) is 1. The van der Waals surface area contributed by atoms with E-state index >= 15 is 0 Å². The summed E-state index contributed by atoms with van der Waals surface area (Å²) in [6, 6.07) is 0.947. The van der Waals surface area contributed by atoms with Crippen LogP contribution in [0, 0.1) is 0 Å². The highest BCUT2D eigenvalue weighted by Gasteiger charge is 2.20. The number of hydrogen-bond acceptors (Lipinski definition) is 3. The van der Waals surface area contributed by atoms with Crippen LogP contribution in [-0.4, -0.2) is 49.1 Å². The average Bonchev–Trinajstić information content (AvgIpc) is 2.30. The van der Waals surface area contributed by atoms with Gasteiger partial charge in [0, 0.05) is 31.7 Å². The second kappa shape index (κ2) is 7.97. The maximum atomic E-state index is 11.9. The molecule has 2 aliphatic rings. The Kier molecular flexibility index (Phi) is 6.97. The average molecular weight is 276 g/mol. The molecule has 0 aromatic carbocycles. The van der Waals surface area contributed by atoms with E-state index in [0.29, 0.717) is 18.6 Å². The molecule has 2 rings (SSSR count). The third kappa shape index (κ3) is 5.12. The van der Waals surface area contributed by atoms with Crippen LogP contribution >= 0.6 is 12.4 Å². The molecule has 5 heteroatoms. The monoisotopic (exact) mass is 275 g/mol. The van der Waals surface area contributed by atoms with Gasteiger partial charge in [-0.05, 0) is 19.8 Å². The van der Waals surface area contributed by atoms with Gasteiger partial charge in [0.05, 0.1) is 6.54 Å². The Hall–Kier alpha value is -0.320. The summed E-state index contributed by atoms with van der Waals surface area (Å²) < 4.78 is 0. The topological polar surface area (TPSA) is 44.4 Å². The van der Waals surface area contributed by atoms with Crippen LogP contribution in [0.5, 0.6) is 0 Å². The van der Waals surface area contributed by atoms with Crippen LogP contribution in [0.4, 0.5) is 0 Å². The lowest BCUT2D eigenvalue weighted by Gasteiger charge is -2.32. The molecule has 1 amide bonds. The highest BCUT2D eigenvalue weighted by Crippen LogP contribution is 2.17. The third-order valence-corrected chi connectivity index (χ3v) is 3.79. The van der Waals surface area contributed by atoms with Crippen LogP contribution in [0.2, 0.25) is 0 Å². The lowest BCUT2D eigenvalue weighted by atomic mass is 9.95. The van der Waals surface area contributed by atoms with Crippen LogP contribution in [-0.2, 0) is 4.79 Å². The van der Waals surface area contributed by atoms with Gasteiger partial charge in [0.15, 0.2) is 0 Å². The van der Waals surface area contributed by atoms with Crippen molar-refractivity contribution in [2.45, 2.75) is 51.1 Å². The van der Waals surface area contributed by atoms with Gasteiger partial charge in [-0.15, -0.1) is 12.4 Å². The summed E-state index contributed by atoms with van der Waals surface area (Å²) >= 11 is 0. The minimum atomic E-state index is 0. The molecule has 0 aromatic rings. The van der Waals surface area contributed by atoms with Gasteiger partial charge in [-0.1, -0.05) is 19.3 Å². The quantitative estimate of drug-likeness (QED) is 0.812. The van der Waals surface area contributed by atoms with Gasteiger partial charge in [0.25, 0.3) is 0 Å². The lowest BCUT2D eigenvalue weighted by Crippen LogP contribution is -2.52. The number of amides is 1. The molecular weight excluding hydrogens is 250 g/mol. The van der Waals surface area contributed by atoms with Gasteiger partial charge in [0.2, 0.25) is 5.91 Å². The van der Waals surface area contributed by atoms with Gasteiger partial charge in [-0.3, -0.25) is 9.69 Å². The summed E-state index contributed by atoms with van der Waals surface area (Å²) in [4.78, 5) is 14.2. The molecule has 1 atom stereocenters. The second-order valence-corrected chi connectivity index (χ2v) is 5.49. The van der Waals surface area contributed by atoms with Gasteiger partial charge < -0.3 is 10.6 Å². The van der Waals surface area contributed by atoms with Crippen LogP contribution in [0.15, 0.2) is 0 Å². The molecular formula is C13H26ClN3O. The van der Waals surface area contributed by atoms with Crippen molar-refractivity contribution in [3.05, 3.63) is 0 Å². The molecule has 2 fully saturated rings. The van der Waals surface area contributed by atoms with E-state index in [1.54, 1.807) is 0 Å². The summed E-state index contributed by atoms with van der Waals surface area (Å²) in [5, 5.41) is 6.57. The molecule has 1 saturated carbocycles. The van der Waals surface area contributed by atoms with Crippen molar-refractivity contribution in [2.75, 3.05) is 26.2 Å². The molecule has 2 N–H and O–H groups in total. The first kappa shape index (κ1) is 15.7. The summed E-state index contributed by atoms with van der Waals surface area (Å²) in [6.45, 7) is 5.71. The number of hydrogen-bond donors (Lipinski definition) is 2. The van der Waals surface area contributed by atoms with Crippen molar-refractivity contribution < 1.29 is 4.79 Å². The van der Waals surface area contributed by atoms with Crippen molar-refractivity contribution in [2.24, 2.45) is 0 Å². The van der Waals surface area contributed by atoms with E-state index < -0.39 is 0 Å². The van der Waals surface area contributed by atoms with Crippen molar-refractivity contribution in [3.8, 4) is 0 Å². The predicted octanol–water partition coefficient (Wildman–Crippen LogP) is 1.15. The molecule has 1 heterocycles. The Morgan fingerprint density at radius 1 is 1.33 bits per heavy atom. The number of carbonyl (C=O) groups excluding carboxylic acids is 1. The maximum absolute atomic E-state index is 11.9. The Labute approximate surface area is 116 Å². The van der Waals surface area contributed by atoms with Crippen LogP contribution in [0.3, 0.4) is 0 Å². The minimum Gasteiger partial charge on any atom is -0.352 e. The van der Waals surface area contributed by atoms with Crippen LogP contribution < -0.4 is 10.6 Å². The Balaban J connectivity index is 0.00000162. The SMILES string of the molecule is CC1CN(CC(=O)NC2CCCCC2)CCN1.Cl. The zero-order valence-electron chi connectivity index (χ0n) is 11.3.